The molecule has 2 nitrogen and oxygen atoms in total. The molecule has 0 atom stereocenters. The van der Waals surface area contributed by atoms with E-state index in [2.05, 4.69) is 65.7 Å². The van der Waals surface area contributed by atoms with Gasteiger partial charge in [0, 0.05) is 25.2 Å². The van der Waals surface area contributed by atoms with Crippen LogP contribution in [0.15, 0.2) is 0 Å². The third-order valence-corrected chi connectivity index (χ3v) is 4.96. The van der Waals surface area contributed by atoms with Crippen molar-refractivity contribution in [1.82, 2.24) is 10.2 Å². The third kappa shape index (κ3) is 3.45. The van der Waals surface area contributed by atoms with Crippen LogP contribution in [0.5, 0.6) is 0 Å². The van der Waals surface area contributed by atoms with E-state index in [4.69, 9.17) is 0 Å². The van der Waals surface area contributed by atoms with Crippen molar-refractivity contribution in [1.29, 1.82) is 0 Å². The third-order valence-electron chi connectivity index (χ3n) is 4.96. The Morgan fingerprint density at radius 3 is 1.88 bits per heavy atom. The molecule has 1 N–H and O–H groups in total. The normalized spacial score (nSPS) is 23.1. The van der Waals surface area contributed by atoms with Crippen LogP contribution in [0.25, 0.3) is 0 Å². The molecule has 0 aliphatic heterocycles. The Bertz CT molecular complexity index is 247. The van der Waals surface area contributed by atoms with Gasteiger partial charge in [-0.3, -0.25) is 0 Å². The first-order valence-electron chi connectivity index (χ1n) is 6.92. The molecule has 17 heavy (non-hydrogen) atoms. The second kappa shape index (κ2) is 4.55. The minimum Gasteiger partial charge on any atom is -0.311 e. The largest absolute Gasteiger partial charge is 0.311 e. The van der Waals surface area contributed by atoms with Crippen molar-refractivity contribution in [2.24, 2.45) is 16.7 Å². The van der Waals surface area contributed by atoms with Crippen LogP contribution in [0.1, 0.15) is 48.5 Å². The Kier molecular flexibility index (Phi) is 4.01. The first-order valence-corrected chi connectivity index (χ1v) is 6.92. The van der Waals surface area contributed by atoms with Gasteiger partial charge in [-0.05, 0) is 44.6 Å². The molecule has 0 bridgehead atoms. The maximum atomic E-state index is 3.55. The van der Waals surface area contributed by atoms with Crippen LogP contribution in [0.2, 0.25) is 0 Å². The molecule has 102 valence electrons. The van der Waals surface area contributed by atoms with Gasteiger partial charge >= 0.3 is 0 Å². The van der Waals surface area contributed by atoms with E-state index in [0.717, 1.165) is 19.0 Å². The lowest BCUT2D eigenvalue weighted by Crippen LogP contribution is -2.41. The lowest BCUT2D eigenvalue weighted by atomic mass is 10.0. The van der Waals surface area contributed by atoms with Gasteiger partial charge in [0.1, 0.15) is 0 Å². The summed E-state index contributed by atoms with van der Waals surface area (Å²) in [6, 6.07) is 0. The predicted molar refractivity (Wildman–Crippen MR) is 76.3 cm³/mol. The molecule has 1 aliphatic carbocycles. The molecule has 0 aromatic heterocycles. The van der Waals surface area contributed by atoms with Crippen molar-refractivity contribution in [3.8, 4) is 0 Å². The molecular formula is C15H32N2. The Balaban J connectivity index is 2.26. The highest BCUT2D eigenvalue weighted by Crippen LogP contribution is 2.68. The number of likely N-dealkylation sites (N-methyl/N-ethyl adjacent to an activating group) is 1. The molecule has 0 saturated heterocycles. The lowest BCUT2D eigenvalue weighted by molar-refractivity contribution is 0.281. The van der Waals surface area contributed by atoms with Gasteiger partial charge in [0.25, 0.3) is 0 Å². The second-order valence-electron chi connectivity index (χ2n) is 7.93. The highest BCUT2D eigenvalue weighted by atomic mass is 15.1. The van der Waals surface area contributed by atoms with Gasteiger partial charge < -0.3 is 10.2 Å². The highest BCUT2D eigenvalue weighted by molar-refractivity contribution is 5.12. The summed E-state index contributed by atoms with van der Waals surface area (Å²) in [5.41, 5.74) is 1.26. The van der Waals surface area contributed by atoms with Crippen molar-refractivity contribution >= 4 is 0 Å². The Hall–Kier alpha value is -0.0800. The maximum Gasteiger partial charge on any atom is 0.0104 e. The summed E-state index contributed by atoms with van der Waals surface area (Å²) in [4.78, 5) is 2.47. The minimum atomic E-state index is 0.235. The van der Waals surface area contributed by atoms with Crippen LogP contribution in [0.4, 0.5) is 0 Å². The first-order chi connectivity index (χ1) is 7.48. The summed E-state index contributed by atoms with van der Waals surface area (Å²) in [6.45, 7) is 19.7. The van der Waals surface area contributed by atoms with Gasteiger partial charge in [0.15, 0.2) is 0 Å². The smallest absolute Gasteiger partial charge is 0.0104 e. The highest BCUT2D eigenvalue weighted by Gasteiger charge is 2.64. The van der Waals surface area contributed by atoms with E-state index in [-0.39, 0.29) is 5.54 Å². The van der Waals surface area contributed by atoms with Crippen molar-refractivity contribution in [2.45, 2.75) is 54.0 Å². The molecule has 1 saturated carbocycles. The zero-order valence-electron chi connectivity index (χ0n) is 13.1. The molecule has 0 amide bonds. The van der Waals surface area contributed by atoms with E-state index in [1.165, 1.54) is 6.54 Å². The summed E-state index contributed by atoms with van der Waals surface area (Å²) < 4.78 is 0. The average Bonchev–Trinajstić information content (AvgIpc) is 2.45. The van der Waals surface area contributed by atoms with E-state index in [0.29, 0.717) is 10.8 Å². The molecule has 0 heterocycles. The Labute approximate surface area is 108 Å². The van der Waals surface area contributed by atoms with Crippen LogP contribution in [0, 0.1) is 16.7 Å². The summed E-state index contributed by atoms with van der Waals surface area (Å²) in [6.07, 6.45) is 0. The number of hydrogen-bond acceptors (Lipinski definition) is 2. The summed E-state index contributed by atoms with van der Waals surface area (Å²) in [5, 5.41) is 3.55. The number of rotatable bonds is 5. The molecule has 0 spiro atoms. The van der Waals surface area contributed by atoms with Crippen LogP contribution >= 0.6 is 0 Å². The van der Waals surface area contributed by atoms with E-state index >= 15 is 0 Å². The maximum absolute atomic E-state index is 3.55. The van der Waals surface area contributed by atoms with Gasteiger partial charge in [-0.15, -0.1) is 0 Å². The van der Waals surface area contributed by atoms with Crippen LogP contribution < -0.4 is 5.32 Å². The first kappa shape index (κ1) is 15.0. The van der Waals surface area contributed by atoms with Crippen molar-refractivity contribution < 1.29 is 0 Å². The fourth-order valence-corrected chi connectivity index (χ4v) is 2.81. The van der Waals surface area contributed by atoms with Gasteiger partial charge in [0.2, 0.25) is 0 Å². The number of hydrogen-bond donors (Lipinski definition) is 1. The topological polar surface area (TPSA) is 15.3 Å². The molecule has 1 aliphatic rings. The fraction of sp³-hybridized carbons (Fsp3) is 1.00. The number of nitrogens with zero attached hydrogens (tertiary/aromatic N) is 1. The monoisotopic (exact) mass is 240 g/mol. The quantitative estimate of drug-likeness (QED) is 0.795. The SMILES string of the molecule is CN(CCNC(C)(C)C)CC1C(C)(C)C1(C)C. The second-order valence-corrected chi connectivity index (χ2v) is 7.93. The zero-order chi connectivity index (χ0) is 13.5. The molecule has 0 radical (unpaired) electrons. The van der Waals surface area contributed by atoms with E-state index in [1.807, 2.05) is 0 Å². The lowest BCUT2D eigenvalue weighted by Gasteiger charge is -2.24. The summed E-state index contributed by atoms with van der Waals surface area (Å²) in [5.74, 6) is 0.842. The Morgan fingerprint density at radius 2 is 1.53 bits per heavy atom. The van der Waals surface area contributed by atoms with Gasteiger partial charge in [-0.25, -0.2) is 0 Å². The van der Waals surface area contributed by atoms with Crippen LogP contribution in [-0.2, 0) is 0 Å². The van der Waals surface area contributed by atoms with Crippen molar-refractivity contribution in [3.63, 3.8) is 0 Å². The minimum absolute atomic E-state index is 0.235. The molecule has 1 fully saturated rings. The standard InChI is InChI=1S/C15H32N2/c1-13(2,3)16-9-10-17(8)11-12-14(4,5)15(12,6)7/h12,16H,9-11H2,1-8H3. The molecule has 2 heteroatoms. The van der Waals surface area contributed by atoms with Gasteiger partial charge in [-0.2, -0.15) is 0 Å². The van der Waals surface area contributed by atoms with Crippen molar-refractivity contribution in [3.05, 3.63) is 0 Å². The molecule has 1 rings (SSSR count). The predicted octanol–water partition coefficient (Wildman–Crippen LogP) is 2.99. The van der Waals surface area contributed by atoms with E-state index in [9.17, 15) is 0 Å². The zero-order valence-corrected chi connectivity index (χ0v) is 13.1. The molecule has 0 aromatic rings. The summed E-state index contributed by atoms with van der Waals surface area (Å²) in [7, 11) is 2.24. The van der Waals surface area contributed by atoms with E-state index in [1.54, 1.807) is 0 Å². The number of nitrogens with one attached hydrogen (secondary N) is 1. The van der Waals surface area contributed by atoms with Gasteiger partial charge in [0.05, 0.1) is 0 Å². The van der Waals surface area contributed by atoms with Crippen LogP contribution in [-0.4, -0.2) is 37.1 Å². The molecular weight excluding hydrogens is 208 g/mol. The summed E-state index contributed by atoms with van der Waals surface area (Å²) >= 11 is 0. The molecule has 0 unspecified atom stereocenters. The van der Waals surface area contributed by atoms with E-state index < -0.39 is 0 Å². The van der Waals surface area contributed by atoms with Crippen LogP contribution in [0.3, 0.4) is 0 Å². The van der Waals surface area contributed by atoms with Crippen molar-refractivity contribution in [2.75, 3.05) is 26.7 Å². The van der Waals surface area contributed by atoms with Gasteiger partial charge in [-0.1, -0.05) is 27.7 Å². The average molecular weight is 240 g/mol. The fourth-order valence-electron chi connectivity index (χ4n) is 2.81. The Morgan fingerprint density at radius 1 is 1.06 bits per heavy atom. The molecule has 0 aromatic carbocycles.